The molecule has 1 heterocycles. The zero-order valence-electron chi connectivity index (χ0n) is 13.2. The van der Waals surface area contributed by atoms with E-state index >= 15 is 0 Å². The van der Waals surface area contributed by atoms with Crippen molar-refractivity contribution in [2.45, 2.75) is 25.8 Å². The molecule has 0 bridgehead atoms. The minimum atomic E-state index is -0.207. The number of amides is 3. The molecule has 3 amide bonds. The van der Waals surface area contributed by atoms with E-state index in [-0.39, 0.29) is 43.5 Å². The van der Waals surface area contributed by atoms with Crippen LogP contribution in [0.25, 0.3) is 0 Å². The number of benzene rings is 1. The van der Waals surface area contributed by atoms with Gasteiger partial charge in [-0.2, -0.15) is 0 Å². The van der Waals surface area contributed by atoms with E-state index < -0.39 is 0 Å². The van der Waals surface area contributed by atoms with Gasteiger partial charge in [0.25, 0.3) is 0 Å². The van der Waals surface area contributed by atoms with Crippen LogP contribution in [0.4, 0.5) is 0 Å². The Morgan fingerprint density at radius 3 is 2.57 bits per heavy atom. The molecule has 0 aliphatic carbocycles. The Morgan fingerprint density at radius 2 is 1.96 bits per heavy atom. The monoisotopic (exact) mass is 338 g/mol. The lowest BCUT2D eigenvalue weighted by Gasteiger charge is -2.20. The molecule has 1 fully saturated rings. The zero-order chi connectivity index (χ0) is 17.0. The van der Waals surface area contributed by atoms with E-state index in [2.05, 4.69) is 0 Å². The van der Waals surface area contributed by atoms with Gasteiger partial charge >= 0.3 is 0 Å². The van der Waals surface area contributed by atoms with E-state index in [0.717, 1.165) is 10.5 Å². The first-order valence-corrected chi connectivity index (χ1v) is 7.69. The van der Waals surface area contributed by atoms with E-state index in [1.54, 1.807) is 32.4 Å². The Hall–Kier alpha value is -2.08. The molecule has 2 rings (SSSR count). The van der Waals surface area contributed by atoms with Gasteiger partial charge in [-0.15, -0.1) is 0 Å². The van der Waals surface area contributed by atoms with Gasteiger partial charge in [-0.3, -0.25) is 19.3 Å². The Kier molecular flexibility index (Phi) is 5.60. The van der Waals surface area contributed by atoms with Gasteiger partial charge in [0, 0.05) is 50.0 Å². The van der Waals surface area contributed by atoms with Crippen LogP contribution in [0, 0.1) is 0 Å². The van der Waals surface area contributed by atoms with Crippen LogP contribution in [-0.4, -0.2) is 48.2 Å². The minimum Gasteiger partial charge on any atom is -0.496 e. The molecule has 0 saturated carbocycles. The molecule has 124 valence electrons. The van der Waals surface area contributed by atoms with E-state index in [9.17, 15) is 14.4 Å². The van der Waals surface area contributed by atoms with Crippen LogP contribution in [0.5, 0.6) is 5.75 Å². The van der Waals surface area contributed by atoms with Crippen molar-refractivity contribution in [2.24, 2.45) is 0 Å². The highest BCUT2D eigenvalue weighted by atomic mass is 35.5. The summed E-state index contributed by atoms with van der Waals surface area (Å²) in [6.45, 7) is 0.470. The summed E-state index contributed by atoms with van der Waals surface area (Å²) in [5, 5.41) is 0.565. The standard InChI is InChI=1S/C16H19ClN2O4/c1-18(10-11-9-12(17)3-4-13(11)23-2)14(20)7-8-19-15(21)5-6-16(19)22/h3-4,9H,5-8,10H2,1-2H3. The molecule has 1 aliphatic heterocycles. The largest absolute Gasteiger partial charge is 0.496 e. The molecule has 0 unspecified atom stereocenters. The predicted octanol–water partition coefficient (Wildman–Crippen LogP) is 1.85. The Balaban J connectivity index is 1.94. The number of halogens is 1. The molecule has 0 aromatic heterocycles. The number of ether oxygens (including phenoxy) is 1. The average Bonchev–Trinajstić information content (AvgIpc) is 2.84. The van der Waals surface area contributed by atoms with Gasteiger partial charge < -0.3 is 9.64 Å². The van der Waals surface area contributed by atoms with Crippen molar-refractivity contribution >= 4 is 29.3 Å². The normalized spacial score (nSPS) is 14.3. The van der Waals surface area contributed by atoms with Crippen LogP contribution in [0.2, 0.25) is 5.02 Å². The van der Waals surface area contributed by atoms with Crippen LogP contribution in [0.3, 0.4) is 0 Å². The van der Waals surface area contributed by atoms with E-state index in [4.69, 9.17) is 16.3 Å². The third-order valence-electron chi connectivity index (χ3n) is 3.78. The van der Waals surface area contributed by atoms with E-state index in [0.29, 0.717) is 17.3 Å². The highest BCUT2D eigenvalue weighted by molar-refractivity contribution is 6.30. The van der Waals surface area contributed by atoms with Crippen molar-refractivity contribution in [3.05, 3.63) is 28.8 Å². The van der Waals surface area contributed by atoms with Gasteiger partial charge in [-0.25, -0.2) is 0 Å². The second-order valence-electron chi connectivity index (χ2n) is 5.40. The molecule has 1 aromatic rings. The zero-order valence-corrected chi connectivity index (χ0v) is 13.9. The molecule has 0 spiro atoms. The molecule has 0 radical (unpaired) electrons. The molecular formula is C16H19ClN2O4. The quantitative estimate of drug-likeness (QED) is 0.742. The van der Waals surface area contributed by atoms with Crippen molar-refractivity contribution in [1.29, 1.82) is 0 Å². The molecule has 1 aliphatic rings. The van der Waals surface area contributed by atoms with Crippen LogP contribution in [0.1, 0.15) is 24.8 Å². The van der Waals surface area contributed by atoms with Gasteiger partial charge in [0.2, 0.25) is 17.7 Å². The summed E-state index contributed by atoms with van der Waals surface area (Å²) >= 11 is 5.98. The Labute approximate surface area is 139 Å². The molecule has 1 aromatic carbocycles. The highest BCUT2D eigenvalue weighted by Gasteiger charge is 2.29. The van der Waals surface area contributed by atoms with Crippen molar-refractivity contribution in [3.8, 4) is 5.75 Å². The van der Waals surface area contributed by atoms with Crippen LogP contribution < -0.4 is 4.74 Å². The summed E-state index contributed by atoms with van der Waals surface area (Å²) in [4.78, 5) is 37.9. The minimum absolute atomic E-state index is 0.108. The number of carbonyl (C=O) groups excluding carboxylic acids is 3. The topological polar surface area (TPSA) is 66.9 Å². The van der Waals surface area contributed by atoms with E-state index in [1.165, 1.54) is 4.90 Å². The number of carbonyl (C=O) groups is 3. The maximum absolute atomic E-state index is 12.2. The fourth-order valence-corrected chi connectivity index (χ4v) is 2.68. The van der Waals surface area contributed by atoms with Gasteiger partial charge in [0.05, 0.1) is 7.11 Å². The van der Waals surface area contributed by atoms with Crippen molar-refractivity contribution in [1.82, 2.24) is 9.80 Å². The maximum atomic E-state index is 12.2. The lowest BCUT2D eigenvalue weighted by molar-refractivity contribution is -0.139. The summed E-state index contributed by atoms with van der Waals surface area (Å²) in [5.41, 5.74) is 0.796. The SMILES string of the molecule is COc1ccc(Cl)cc1CN(C)C(=O)CCN1C(=O)CCC1=O. The van der Waals surface area contributed by atoms with Gasteiger partial charge in [-0.05, 0) is 18.2 Å². The van der Waals surface area contributed by atoms with Gasteiger partial charge in [-0.1, -0.05) is 11.6 Å². The Morgan fingerprint density at radius 1 is 1.30 bits per heavy atom. The second kappa shape index (κ2) is 7.46. The molecular weight excluding hydrogens is 320 g/mol. The number of rotatable bonds is 6. The van der Waals surface area contributed by atoms with Crippen LogP contribution in [-0.2, 0) is 20.9 Å². The van der Waals surface area contributed by atoms with E-state index in [1.807, 2.05) is 0 Å². The van der Waals surface area contributed by atoms with Crippen LogP contribution in [0.15, 0.2) is 18.2 Å². The summed E-state index contributed by atoms with van der Waals surface area (Å²) in [7, 11) is 3.22. The number of hydrogen-bond donors (Lipinski definition) is 0. The summed E-state index contributed by atoms with van der Waals surface area (Å²) in [6, 6.07) is 5.21. The summed E-state index contributed by atoms with van der Waals surface area (Å²) in [5.74, 6) is 0.0856. The van der Waals surface area contributed by atoms with Crippen LogP contribution >= 0.6 is 11.6 Å². The highest BCUT2D eigenvalue weighted by Crippen LogP contribution is 2.24. The van der Waals surface area contributed by atoms with Crippen molar-refractivity contribution in [3.63, 3.8) is 0 Å². The van der Waals surface area contributed by atoms with Crippen molar-refractivity contribution in [2.75, 3.05) is 20.7 Å². The first kappa shape index (κ1) is 17.3. The number of methoxy groups -OCH3 is 1. The molecule has 23 heavy (non-hydrogen) atoms. The number of likely N-dealkylation sites (tertiary alicyclic amines) is 1. The summed E-state index contributed by atoms with van der Waals surface area (Å²) in [6.07, 6.45) is 0.585. The summed E-state index contributed by atoms with van der Waals surface area (Å²) < 4.78 is 5.26. The number of nitrogens with zero attached hydrogens (tertiary/aromatic N) is 2. The second-order valence-corrected chi connectivity index (χ2v) is 5.83. The lowest BCUT2D eigenvalue weighted by atomic mass is 10.2. The number of hydrogen-bond acceptors (Lipinski definition) is 4. The molecule has 7 heteroatoms. The first-order valence-electron chi connectivity index (χ1n) is 7.32. The lowest BCUT2D eigenvalue weighted by Crippen LogP contribution is -2.34. The third kappa shape index (κ3) is 4.22. The fraction of sp³-hybridized carbons (Fsp3) is 0.438. The molecule has 6 nitrogen and oxygen atoms in total. The maximum Gasteiger partial charge on any atom is 0.229 e. The molecule has 0 N–H and O–H groups in total. The smallest absolute Gasteiger partial charge is 0.229 e. The third-order valence-corrected chi connectivity index (χ3v) is 4.01. The predicted molar refractivity (Wildman–Crippen MR) is 85.0 cm³/mol. The fourth-order valence-electron chi connectivity index (χ4n) is 2.48. The Bertz CT molecular complexity index is 617. The van der Waals surface area contributed by atoms with Gasteiger partial charge in [0.1, 0.15) is 5.75 Å². The first-order chi connectivity index (χ1) is 10.9. The van der Waals surface area contributed by atoms with Crippen molar-refractivity contribution < 1.29 is 19.1 Å². The average molecular weight is 339 g/mol. The number of imide groups is 1. The molecule has 1 saturated heterocycles. The van der Waals surface area contributed by atoms with Gasteiger partial charge in [0.15, 0.2) is 0 Å². The molecule has 0 atom stereocenters.